The van der Waals surface area contributed by atoms with Crippen LogP contribution in [0.1, 0.15) is 26.0 Å². The SMILES string of the molecule is Cc1cn2c(nc3c2c(=O)n(CCC(C)C)c(=O)n3C)[nH]1. The fraction of sp³-hybridized carbons (Fsp3) is 0.500. The molecule has 0 atom stereocenters. The molecule has 0 fully saturated rings. The summed E-state index contributed by atoms with van der Waals surface area (Å²) < 4.78 is 4.46. The molecule has 3 aromatic rings. The Morgan fingerprint density at radius 2 is 2.05 bits per heavy atom. The first kappa shape index (κ1) is 13.7. The number of nitrogens with one attached hydrogen (secondary N) is 1. The normalized spacial score (nSPS) is 12.0. The molecule has 0 saturated carbocycles. The van der Waals surface area contributed by atoms with Crippen LogP contribution in [0.2, 0.25) is 0 Å². The molecule has 3 aromatic heterocycles. The molecule has 0 radical (unpaired) electrons. The summed E-state index contributed by atoms with van der Waals surface area (Å²) in [6.07, 6.45) is 2.61. The van der Waals surface area contributed by atoms with Gasteiger partial charge in [-0.15, -0.1) is 0 Å². The number of fused-ring (bicyclic) bond motifs is 3. The van der Waals surface area contributed by atoms with Crippen LogP contribution in [0.4, 0.5) is 0 Å². The summed E-state index contributed by atoms with van der Waals surface area (Å²) in [5.41, 5.74) is 1.18. The van der Waals surface area contributed by atoms with Crippen molar-refractivity contribution in [3.63, 3.8) is 0 Å². The number of aromatic amines is 1. The minimum absolute atomic E-state index is 0.278. The lowest BCUT2D eigenvalue weighted by Crippen LogP contribution is -2.39. The molecule has 0 amide bonds. The van der Waals surface area contributed by atoms with E-state index >= 15 is 0 Å². The Morgan fingerprint density at radius 3 is 2.71 bits per heavy atom. The van der Waals surface area contributed by atoms with Gasteiger partial charge in [-0.05, 0) is 19.3 Å². The Balaban J connectivity index is 2.36. The number of aromatic nitrogens is 5. The second-order valence-corrected chi connectivity index (χ2v) is 5.90. The number of H-pyrrole nitrogens is 1. The summed E-state index contributed by atoms with van der Waals surface area (Å²) in [5, 5.41) is 0. The zero-order valence-electron chi connectivity index (χ0n) is 12.7. The van der Waals surface area contributed by atoms with Crippen LogP contribution in [-0.4, -0.2) is 23.5 Å². The van der Waals surface area contributed by atoms with E-state index in [1.807, 2.05) is 13.1 Å². The highest BCUT2D eigenvalue weighted by molar-refractivity contribution is 5.75. The van der Waals surface area contributed by atoms with E-state index in [0.29, 0.717) is 29.4 Å². The Kier molecular flexibility index (Phi) is 3.00. The van der Waals surface area contributed by atoms with Crippen LogP contribution in [0.5, 0.6) is 0 Å². The molecule has 0 aliphatic rings. The molecule has 0 aromatic carbocycles. The van der Waals surface area contributed by atoms with Gasteiger partial charge in [-0.2, -0.15) is 4.98 Å². The van der Waals surface area contributed by atoms with Crippen molar-refractivity contribution < 1.29 is 0 Å². The van der Waals surface area contributed by atoms with Crippen LogP contribution in [0, 0.1) is 12.8 Å². The molecule has 0 aliphatic carbocycles. The maximum absolute atomic E-state index is 12.7. The monoisotopic (exact) mass is 289 g/mol. The molecule has 3 rings (SSSR count). The Morgan fingerprint density at radius 1 is 1.33 bits per heavy atom. The average molecular weight is 289 g/mol. The molecule has 0 saturated heterocycles. The molecule has 7 heteroatoms. The molecule has 0 aliphatic heterocycles. The highest BCUT2D eigenvalue weighted by Gasteiger charge is 2.17. The molecule has 7 nitrogen and oxygen atoms in total. The van der Waals surface area contributed by atoms with E-state index in [4.69, 9.17) is 0 Å². The van der Waals surface area contributed by atoms with Gasteiger partial charge >= 0.3 is 5.69 Å². The van der Waals surface area contributed by atoms with Crippen molar-refractivity contribution in [2.45, 2.75) is 33.7 Å². The Hall–Kier alpha value is -2.31. The third-order valence-electron chi connectivity index (χ3n) is 3.74. The van der Waals surface area contributed by atoms with Crippen LogP contribution in [0.15, 0.2) is 15.8 Å². The predicted octanol–water partition coefficient (Wildman–Crippen LogP) is 1.03. The van der Waals surface area contributed by atoms with Crippen molar-refractivity contribution in [1.82, 2.24) is 23.5 Å². The largest absolute Gasteiger partial charge is 0.332 e. The second kappa shape index (κ2) is 4.61. The summed E-state index contributed by atoms with van der Waals surface area (Å²) in [6, 6.07) is 0. The molecule has 112 valence electrons. The molecule has 0 unspecified atom stereocenters. The molecule has 1 N–H and O–H groups in total. The van der Waals surface area contributed by atoms with Gasteiger partial charge in [-0.1, -0.05) is 13.8 Å². The summed E-state index contributed by atoms with van der Waals surface area (Å²) in [4.78, 5) is 32.5. The van der Waals surface area contributed by atoms with Crippen molar-refractivity contribution in [1.29, 1.82) is 0 Å². The van der Waals surface area contributed by atoms with Gasteiger partial charge in [-0.3, -0.25) is 18.3 Å². The van der Waals surface area contributed by atoms with Crippen LogP contribution < -0.4 is 11.2 Å². The predicted molar refractivity (Wildman–Crippen MR) is 80.7 cm³/mol. The zero-order valence-corrected chi connectivity index (χ0v) is 12.7. The van der Waals surface area contributed by atoms with Crippen LogP contribution in [-0.2, 0) is 13.6 Å². The first-order valence-corrected chi connectivity index (χ1v) is 7.07. The third-order valence-corrected chi connectivity index (χ3v) is 3.74. The van der Waals surface area contributed by atoms with Crippen LogP contribution in [0.25, 0.3) is 16.9 Å². The van der Waals surface area contributed by atoms with Crippen molar-refractivity contribution in [2.24, 2.45) is 13.0 Å². The Bertz CT molecular complexity index is 938. The van der Waals surface area contributed by atoms with Gasteiger partial charge in [0.15, 0.2) is 11.2 Å². The van der Waals surface area contributed by atoms with Gasteiger partial charge in [0.25, 0.3) is 5.56 Å². The number of aryl methyl sites for hydroxylation is 2. The maximum atomic E-state index is 12.7. The fourth-order valence-corrected chi connectivity index (χ4v) is 2.54. The minimum atomic E-state index is -0.314. The number of rotatable bonds is 3. The second-order valence-electron chi connectivity index (χ2n) is 5.90. The first-order valence-electron chi connectivity index (χ1n) is 7.07. The highest BCUT2D eigenvalue weighted by atomic mass is 16.2. The lowest BCUT2D eigenvalue weighted by Gasteiger charge is -2.09. The standard InChI is InChI=1S/C14H19N5O2/c1-8(2)5-6-18-12(20)10-11(17(4)14(18)21)16-13-15-9(3)7-19(10)13/h7-8H,5-6H2,1-4H3,(H,15,16). The highest BCUT2D eigenvalue weighted by Crippen LogP contribution is 2.12. The number of hydrogen-bond acceptors (Lipinski definition) is 3. The van der Waals surface area contributed by atoms with Gasteiger partial charge in [0.05, 0.1) is 0 Å². The molecular weight excluding hydrogens is 270 g/mol. The maximum Gasteiger partial charge on any atom is 0.332 e. The lowest BCUT2D eigenvalue weighted by atomic mass is 10.1. The van der Waals surface area contributed by atoms with E-state index in [-0.39, 0.29) is 11.2 Å². The third kappa shape index (κ3) is 2.00. The number of nitrogens with zero attached hydrogens (tertiary/aromatic N) is 4. The van der Waals surface area contributed by atoms with E-state index in [0.717, 1.165) is 12.1 Å². The molecule has 21 heavy (non-hydrogen) atoms. The van der Waals surface area contributed by atoms with Crippen LogP contribution >= 0.6 is 0 Å². The van der Waals surface area contributed by atoms with Crippen molar-refractivity contribution in [2.75, 3.05) is 0 Å². The van der Waals surface area contributed by atoms with Gasteiger partial charge in [0.1, 0.15) is 0 Å². The quantitative estimate of drug-likeness (QED) is 0.782. The smallest absolute Gasteiger partial charge is 0.328 e. The van der Waals surface area contributed by atoms with E-state index in [2.05, 4.69) is 23.8 Å². The van der Waals surface area contributed by atoms with Gasteiger partial charge in [-0.25, -0.2) is 4.79 Å². The summed E-state index contributed by atoms with van der Waals surface area (Å²) in [7, 11) is 1.65. The molecule has 0 bridgehead atoms. The van der Waals surface area contributed by atoms with Crippen molar-refractivity contribution in [3.05, 3.63) is 32.7 Å². The van der Waals surface area contributed by atoms with E-state index in [1.165, 1.54) is 9.13 Å². The number of hydrogen-bond donors (Lipinski definition) is 1. The summed E-state index contributed by atoms with van der Waals surface area (Å²) in [6.45, 7) is 6.47. The van der Waals surface area contributed by atoms with E-state index in [9.17, 15) is 9.59 Å². The average Bonchev–Trinajstić information content (AvgIpc) is 2.91. The first-order chi connectivity index (χ1) is 9.90. The van der Waals surface area contributed by atoms with Crippen molar-refractivity contribution >= 4 is 16.9 Å². The zero-order chi connectivity index (χ0) is 15.3. The van der Waals surface area contributed by atoms with Gasteiger partial charge in [0.2, 0.25) is 5.78 Å². The van der Waals surface area contributed by atoms with Crippen LogP contribution in [0.3, 0.4) is 0 Å². The minimum Gasteiger partial charge on any atom is -0.328 e. The summed E-state index contributed by atoms with van der Waals surface area (Å²) in [5.74, 6) is 1.01. The lowest BCUT2D eigenvalue weighted by molar-refractivity contribution is 0.488. The molecule has 0 spiro atoms. The van der Waals surface area contributed by atoms with Gasteiger partial charge < -0.3 is 4.98 Å². The fourth-order valence-electron chi connectivity index (χ4n) is 2.54. The molecular formula is C14H19N5O2. The van der Waals surface area contributed by atoms with Crippen molar-refractivity contribution in [3.8, 4) is 0 Å². The topological polar surface area (TPSA) is 77.1 Å². The Labute approximate surface area is 120 Å². The van der Waals surface area contributed by atoms with E-state index < -0.39 is 0 Å². The number of imidazole rings is 2. The van der Waals surface area contributed by atoms with Gasteiger partial charge in [0, 0.05) is 25.5 Å². The van der Waals surface area contributed by atoms with E-state index in [1.54, 1.807) is 11.4 Å². The summed E-state index contributed by atoms with van der Waals surface area (Å²) >= 11 is 0. The molecule has 3 heterocycles.